The van der Waals surface area contributed by atoms with E-state index >= 15 is 0 Å². The van der Waals surface area contributed by atoms with E-state index < -0.39 is 230 Å². The van der Waals surface area contributed by atoms with Crippen molar-refractivity contribution < 1.29 is 149 Å². The van der Waals surface area contributed by atoms with E-state index in [0.717, 1.165) is 6.92 Å². The van der Waals surface area contributed by atoms with Gasteiger partial charge in [0, 0.05) is 6.92 Å². The fourth-order valence-corrected chi connectivity index (χ4v) is 8.72. The Kier molecular flexibility index (Phi) is 20.1. The molecule has 6 heterocycles. The average Bonchev–Trinajstić information content (AvgIpc) is 3.61. The standard InChI is InChI=1S/C38H65NO30/c1-9(45)39-17-24(52)19(47)11(3-41)62-34(17)67-31-16(66-35(30(58)28(31)56)59-7-15-23(51)18(46)10(2-40)61-15)8-60-37-32(26(54)21(49)13(5-43)64-37)69-38-33(27(55)22(50)14(6-44)65-38)68-36-29(57)25(53)20(48)12(4-42)63-36/h10-38,40-44,46-58H,2-8H2,1H3,(H,39,45)/t10-,11-,12-,13-,14-,15-,16-,17-,18-,19+,20-,21-,22-,23-,24-,25+,26+,27+,28-,29+,30+,31-,32+,33+,34+,35+,36-,37+,38-/m1/s1. The Morgan fingerprint density at radius 2 is 0.710 bits per heavy atom. The van der Waals surface area contributed by atoms with E-state index in [2.05, 4.69) is 5.32 Å². The topological polar surface area (TPSA) is 495 Å². The number of aliphatic hydroxyl groups excluding tert-OH is 18. The van der Waals surface area contributed by atoms with Gasteiger partial charge in [-0.1, -0.05) is 0 Å². The summed E-state index contributed by atoms with van der Waals surface area (Å²) < 4.78 is 63.1. The zero-order valence-corrected chi connectivity index (χ0v) is 36.6. The van der Waals surface area contributed by atoms with E-state index in [0.29, 0.717) is 0 Å². The summed E-state index contributed by atoms with van der Waals surface area (Å²) >= 11 is 0. The lowest BCUT2D eigenvalue weighted by Crippen LogP contribution is -2.68. The predicted octanol–water partition coefficient (Wildman–Crippen LogP) is -13.3. The minimum absolute atomic E-state index is 0.645. The number of aliphatic hydroxyl groups is 18. The zero-order valence-electron chi connectivity index (χ0n) is 36.6. The van der Waals surface area contributed by atoms with Crippen LogP contribution in [0.2, 0.25) is 0 Å². The monoisotopic (exact) mass is 1020 g/mol. The lowest BCUT2D eigenvalue weighted by Gasteiger charge is -2.49. The average molecular weight is 1020 g/mol. The molecule has 0 spiro atoms. The highest BCUT2D eigenvalue weighted by atomic mass is 16.8. The molecule has 6 fully saturated rings. The van der Waals surface area contributed by atoms with E-state index in [1.807, 2.05) is 0 Å². The van der Waals surface area contributed by atoms with Gasteiger partial charge in [-0.2, -0.15) is 0 Å². The van der Waals surface area contributed by atoms with Crippen LogP contribution in [-0.4, -0.2) is 322 Å². The predicted molar refractivity (Wildman–Crippen MR) is 210 cm³/mol. The maximum atomic E-state index is 12.2. The maximum absolute atomic E-state index is 12.2. The molecule has 0 aliphatic carbocycles. The lowest BCUT2D eigenvalue weighted by molar-refractivity contribution is -0.397. The molecule has 6 aliphatic rings. The third-order valence-corrected chi connectivity index (χ3v) is 12.8. The van der Waals surface area contributed by atoms with E-state index in [-0.39, 0.29) is 0 Å². The second-order valence-corrected chi connectivity index (χ2v) is 17.4. The molecule has 31 heteroatoms. The van der Waals surface area contributed by atoms with Gasteiger partial charge in [0.2, 0.25) is 5.91 Å². The van der Waals surface area contributed by atoms with Crippen molar-refractivity contribution in [2.45, 2.75) is 185 Å². The molecule has 29 atom stereocenters. The smallest absolute Gasteiger partial charge is 0.217 e. The van der Waals surface area contributed by atoms with E-state index in [4.69, 9.17) is 52.1 Å². The van der Waals surface area contributed by atoms with Crippen molar-refractivity contribution in [2.75, 3.05) is 46.2 Å². The first-order valence-corrected chi connectivity index (χ1v) is 22.0. The molecule has 0 aromatic carbocycles. The molecule has 0 aromatic heterocycles. The van der Waals surface area contributed by atoms with Crippen LogP contribution in [0.4, 0.5) is 0 Å². The number of carbonyl (C=O) groups excluding carboxylic acids is 1. The normalized spacial score (nSPS) is 50.8. The van der Waals surface area contributed by atoms with Gasteiger partial charge < -0.3 is 149 Å². The molecule has 0 saturated carbocycles. The first kappa shape index (κ1) is 56.6. The van der Waals surface area contributed by atoms with Crippen molar-refractivity contribution in [3.8, 4) is 0 Å². The Labute approximate surface area is 390 Å². The first-order valence-electron chi connectivity index (χ1n) is 22.0. The van der Waals surface area contributed by atoms with Crippen LogP contribution in [0.3, 0.4) is 0 Å². The fourth-order valence-electron chi connectivity index (χ4n) is 8.72. The number of ether oxygens (including phenoxy) is 11. The Morgan fingerprint density at radius 1 is 0.362 bits per heavy atom. The molecule has 0 unspecified atom stereocenters. The van der Waals surface area contributed by atoms with Gasteiger partial charge >= 0.3 is 0 Å². The summed E-state index contributed by atoms with van der Waals surface area (Å²) in [6, 6.07) is -1.61. The molecule has 69 heavy (non-hydrogen) atoms. The highest BCUT2D eigenvalue weighted by molar-refractivity contribution is 5.73. The van der Waals surface area contributed by atoms with E-state index in [1.165, 1.54) is 0 Å². The summed E-state index contributed by atoms with van der Waals surface area (Å²) in [6.07, 6.45) is -51.5. The Morgan fingerprint density at radius 3 is 1.25 bits per heavy atom. The molecule has 402 valence electrons. The molecule has 0 bridgehead atoms. The zero-order chi connectivity index (χ0) is 50.8. The Balaban J connectivity index is 1.29. The molecule has 31 nitrogen and oxygen atoms in total. The van der Waals surface area contributed by atoms with Crippen molar-refractivity contribution in [3.05, 3.63) is 0 Å². The van der Waals surface area contributed by atoms with Crippen LogP contribution in [0, 0.1) is 0 Å². The van der Waals surface area contributed by atoms with E-state index in [1.54, 1.807) is 0 Å². The van der Waals surface area contributed by atoms with Crippen LogP contribution in [0.5, 0.6) is 0 Å². The van der Waals surface area contributed by atoms with Gasteiger partial charge in [-0.05, 0) is 0 Å². The summed E-state index contributed by atoms with van der Waals surface area (Å²) in [6.45, 7) is -4.95. The molecule has 1 amide bonds. The molecule has 0 aromatic rings. The molecular formula is C38H65NO30. The molecule has 6 aliphatic heterocycles. The largest absolute Gasteiger partial charge is 0.394 e. The van der Waals surface area contributed by atoms with Crippen LogP contribution in [0.15, 0.2) is 0 Å². The van der Waals surface area contributed by atoms with Gasteiger partial charge in [0.05, 0.1) is 46.2 Å². The quantitative estimate of drug-likeness (QED) is 0.0606. The van der Waals surface area contributed by atoms with E-state index in [9.17, 15) is 96.7 Å². The summed E-state index contributed by atoms with van der Waals surface area (Å²) in [7, 11) is 0. The highest BCUT2D eigenvalue weighted by Gasteiger charge is 2.56. The van der Waals surface area contributed by atoms with Crippen molar-refractivity contribution >= 4 is 5.91 Å². The number of hydrogen-bond donors (Lipinski definition) is 19. The molecule has 6 saturated heterocycles. The third-order valence-electron chi connectivity index (χ3n) is 12.8. The molecule has 6 rings (SSSR count). The summed E-state index contributed by atoms with van der Waals surface area (Å²) in [5, 5.41) is 192. The minimum atomic E-state index is -2.13. The lowest BCUT2D eigenvalue weighted by atomic mass is 9.95. The minimum Gasteiger partial charge on any atom is -0.394 e. The molecular weight excluding hydrogens is 950 g/mol. The van der Waals surface area contributed by atoms with Gasteiger partial charge in [-0.3, -0.25) is 4.79 Å². The van der Waals surface area contributed by atoms with Crippen molar-refractivity contribution in [3.63, 3.8) is 0 Å². The number of nitrogens with one attached hydrogen (secondary N) is 1. The van der Waals surface area contributed by atoms with Crippen molar-refractivity contribution in [1.82, 2.24) is 5.32 Å². The third kappa shape index (κ3) is 12.1. The summed E-state index contributed by atoms with van der Waals surface area (Å²) in [5.41, 5.74) is 0. The van der Waals surface area contributed by atoms with Crippen molar-refractivity contribution in [2.24, 2.45) is 0 Å². The van der Waals surface area contributed by atoms with Crippen LogP contribution < -0.4 is 5.32 Å². The maximum Gasteiger partial charge on any atom is 0.217 e. The Hall–Kier alpha value is -1.69. The summed E-state index contributed by atoms with van der Waals surface area (Å²) in [4.78, 5) is 12.2. The first-order chi connectivity index (χ1) is 32.7. The van der Waals surface area contributed by atoms with Gasteiger partial charge in [0.15, 0.2) is 31.5 Å². The Bertz CT molecular complexity index is 1590. The summed E-state index contributed by atoms with van der Waals surface area (Å²) in [5.74, 6) is -0.764. The van der Waals surface area contributed by atoms with Gasteiger partial charge in [0.25, 0.3) is 0 Å². The van der Waals surface area contributed by atoms with Crippen molar-refractivity contribution in [1.29, 1.82) is 0 Å². The second kappa shape index (κ2) is 24.6. The van der Waals surface area contributed by atoms with Gasteiger partial charge in [-0.25, -0.2) is 0 Å². The SMILES string of the molecule is CC(=O)N[C@H]1[C@H](O[C@H]2[C@H](O)[C@H](O)[C@@H](OC[C@H]3O[C@H](CO)[C@@H](O)[C@@H]3O)O[C@@H]2CO[C@H]2O[C@H](CO)[C@@H](O)[C@H](O)[C@@H]2O[C@H]2O[C@H](CO)[C@@H](O)[C@H](O)[C@@H]2O[C@H]2O[C@H](CO)[C@@H](O)[C@H](O)[C@@H]2O)O[C@H](CO)[C@H](O)[C@@H]1O. The number of hydrogen-bond acceptors (Lipinski definition) is 30. The van der Waals surface area contributed by atoms with Crippen LogP contribution in [0.25, 0.3) is 0 Å². The fraction of sp³-hybridized carbons (Fsp3) is 0.974. The van der Waals surface area contributed by atoms with Gasteiger partial charge in [-0.15, -0.1) is 0 Å². The van der Waals surface area contributed by atoms with Crippen LogP contribution >= 0.6 is 0 Å². The molecule has 19 N–H and O–H groups in total. The van der Waals surface area contributed by atoms with Crippen LogP contribution in [-0.2, 0) is 56.9 Å². The number of carbonyl (C=O) groups is 1. The second-order valence-electron chi connectivity index (χ2n) is 17.4. The highest BCUT2D eigenvalue weighted by Crippen LogP contribution is 2.36. The number of amides is 1. The number of rotatable bonds is 18. The van der Waals surface area contributed by atoms with Gasteiger partial charge in [0.1, 0.15) is 146 Å². The van der Waals surface area contributed by atoms with Crippen LogP contribution in [0.1, 0.15) is 6.92 Å². The molecule has 0 radical (unpaired) electrons.